The molecular weight excluding hydrogens is 294 g/mol. The van der Waals surface area contributed by atoms with Crippen molar-refractivity contribution in [3.05, 3.63) is 55.1 Å². The molecule has 2 aromatic carbocycles. The lowest BCUT2D eigenvalue weighted by atomic mass is 10.1. The first-order valence-electron chi connectivity index (χ1n) is 7.74. The number of benzene rings is 2. The minimum Gasteiger partial charge on any atom is -0.207 e. The highest BCUT2D eigenvalue weighted by molar-refractivity contribution is 7.89. The summed E-state index contributed by atoms with van der Waals surface area (Å²) in [6.45, 7) is 4.10. The van der Waals surface area contributed by atoms with Gasteiger partial charge in [-0.25, -0.2) is 8.42 Å². The second-order valence-electron chi connectivity index (χ2n) is 5.81. The molecule has 4 heteroatoms. The summed E-state index contributed by atoms with van der Waals surface area (Å²) in [5, 5.41) is 2.01. The molecule has 0 bridgehead atoms. The molecule has 3 nitrogen and oxygen atoms in total. The maximum atomic E-state index is 13.0. The molecule has 0 amide bonds. The van der Waals surface area contributed by atoms with Crippen molar-refractivity contribution in [1.82, 2.24) is 4.31 Å². The summed E-state index contributed by atoms with van der Waals surface area (Å²) < 4.78 is 27.7. The fourth-order valence-corrected chi connectivity index (χ4v) is 4.92. The van der Waals surface area contributed by atoms with Crippen molar-refractivity contribution >= 4 is 20.8 Å². The Morgan fingerprint density at radius 3 is 2.45 bits per heavy atom. The van der Waals surface area contributed by atoms with Gasteiger partial charge in [0.05, 0.1) is 4.90 Å². The number of rotatable bonds is 5. The fraction of sp³-hybridized carbons (Fsp3) is 0.333. The van der Waals surface area contributed by atoms with Crippen LogP contribution >= 0.6 is 0 Å². The molecule has 1 aliphatic rings. The largest absolute Gasteiger partial charge is 0.243 e. The highest BCUT2D eigenvalue weighted by Crippen LogP contribution is 2.29. The summed E-state index contributed by atoms with van der Waals surface area (Å²) in [6.07, 6.45) is 5.77. The van der Waals surface area contributed by atoms with Gasteiger partial charge in [0.1, 0.15) is 0 Å². The summed E-state index contributed by atoms with van der Waals surface area (Å²) in [4.78, 5) is 0.375. The first kappa shape index (κ1) is 15.3. The van der Waals surface area contributed by atoms with Gasteiger partial charge in [0.2, 0.25) is 10.0 Å². The Labute approximate surface area is 132 Å². The van der Waals surface area contributed by atoms with Crippen LogP contribution in [0, 0.1) is 0 Å². The number of hydrogen-bond acceptors (Lipinski definition) is 2. The number of nitrogens with zero attached hydrogens (tertiary/aromatic N) is 1. The first-order valence-corrected chi connectivity index (χ1v) is 9.18. The Morgan fingerprint density at radius 2 is 1.77 bits per heavy atom. The third-order valence-corrected chi connectivity index (χ3v) is 6.28. The Bertz CT molecular complexity index is 777. The lowest BCUT2D eigenvalue weighted by Crippen LogP contribution is -2.38. The third-order valence-electron chi connectivity index (χ3n) is 4.37. The Kier molecular flexibility index (Phi) is 4.32. The molecule has 3 rings (SSSR count). The molecule has 22 heavy (non-hydrogen) atoms. The van der Waals surface area contributed by atoms with Gasteiger partial charge in [0, 0.05) is 12.6 Å². The predicted octanol–water partition coefficient (Wildman–Crippen LogP) is 3.96. The van der Waals surface area contributed by atoms with E-state index in [4.69, 9.17) is 0 Å². The zero-order valence-corrected chi connectivity index (χ0v) is 13.4. The van der Waals surface area contributed by atoms with Crippen LogP contribution in [0.3, 0.4) is 0 Å². The van der Waals surface area contributed by atoms with Gasteiger partial charge in [-0.3, -0.25) is 0 Å². The zero-order chi connectivity index (χ0) is 15.6. The number of sulfonamides is 1. The van der Waals surface area contributed by atoms with E-state index in [1.807, 2.05) is 30.3 Å². The molecular formula is C18H21NO2S. The maximum absolute atomic E-state index is 13.0. The van der Waals surface area contributed by atoms with Gasteiger partial charge in [-0.15, -0.1) is 6.58 Å². The van der Waals surface area contributed by atoms with E-state index < -0.39 is 10.0 Å². The van der Waals surface area contributed by atoms with Crippen molar-refractivity contribution in [1.29, 1.82) is 0 Å². The summed E-state index contributed by atoms with van der Waals surface area (Å²) in [5.41, 5.74) is 0. The Hall–Kier alpha value is -1.65. The standard InChI is InChI=1S/C18H21NO2S/c1-2-13-19(17-9-5-6-10-17)22(20,21)18-12-11-15-7-3-4-8-16(15)14-18/h2-4,7-8,11-12,14,17H,1,5-6,9-10,13H2. The van der Waals surface area contributed by atoms with E-state index in [-0.39, 0.29) is 6.04 Å². The fourth-order valence-electron chi connectivity index (χ4n) is 3.23. The van der Waals surface area contributed by atoms with Crippen LogP contribution in [0.5, 0.6) is 0 Å². The number of fused-ring (bicyclic) bond motifs is 1. The quantitative estimate of drug-likeness (QED) is 0.783. The average molecular weight is 315 g/mol. The van der Waals surface area contributed by atoms with Crippen molar-refractivity contribution in [3.8, 4) is 0 Å². The second-order valence-corrected chi connectivity index (χ2v) is 7.70. The van der Waals surface area contributed by atoms with Crippen molar-refractivity contribution in [2.24, 2.45) is 0 Å². The highest BCUT2D eigenvalue weighted by atomic mass is 32.2. The van der Waals surface area contributed by atoms with Gasteiger partial charge >= 0.3 is 0 Å². The Morgan fingerprint density at radius 1 is 1.09 bits per heavy atom. The van der Waals surface area contributed by atoms with Gasteiger partial charge < -0.3 is 0 Å². The van der Waals surface area contributed by atoms with Crippen molar-refractivity contribution in [3.63, 3.8) is 0 Å². The monoisotopic (exact) mass is 315 g/mol. The van der Waals surface area contributed by atoms with Crippen LogP contribution < -0.4 is 0 Å². The molecule has 0 unspecified atom stereocenters. The van der Waals surface area contributed by atoms with Crippen molar-refractivity contribution in [2.45, 2.75) is 36.6 Å². The van der Waals surface area contributed by atoms with Gasteiger partial charge in [-0.1, -0.05) is 49.2 Å². The normalized spacial score (nSPS) is 16.4. The van der Waals surface area contributed by atoms with Gasteiger partial charge in [-0.2, -0.15) is 4.31 Å². The molecule has 0 heterocycles. The van der Waals surface area contributed by atoms with E-state index in [0.717, 1.165) is 36.5 Å². The molecule has 0 saturated heterocycles. The smallest absolute Gasteiger partial charge is 0.207 e. The molecule has 0 aromatic heterocycles. The molecule has 0 atom stereocenters. The second kappa shape index (κ2) is 6.23. The molecule has 1 aliphatic carbocycles. The molecule has 0 radical (unpaired) electrons. The molecule has 2 aromatic rings. The summed E-state index contributed by atoms with van der Waals surface area (Å²) in [5.74, 6) is 0. The van der Waals surface area contributed by atoms with E-state index >= 15 is 0 Å². The van der Waals surface area contributed by atoms with Crippen LogP contribution in [-0.4, -0.2) is 25.3 Å². The van der Waals surface area contributed by atoms with E-state index in [0.29, 0.717) is 11.4 Å². The van der Waals surface area contributed by atoms with Crippen LogP contribution in [0.2, 0.25) is 0 Å². The topological polar surface area (TPSA) is 37.4 Å². The lowest BCUT2D eigenvalue weighted by molar-refractivity contribution is 0.347. The van der Waals surface area contributed by atoms with Gasteiger partial charge in [0.15, 0.2) is 0 Å². The molecule has 0 aliphatic heterocycles. The Balaban J connectivity index is 2.02. The molecule has 116 valence electrons. The van der Waals surface area contributed by atoms with Crippen LogP contribution in [0.25, 0.3) is 10.8 Å². The summed E-state index contributed by atoms with van der Waals surface area (Å²) in [6, 6.07) is 13.3. The van der Waals surface area contributed by atoms with Crippen molar-refractivity contribution in [2.75, 3.05) is 6.54 Å². The van der Waals surface area contributed by atoms with E-state index in [1.165, 1.54) is 0 Å². The van der Waals surface area contributed by atoms with Gasteiger partial charge in [-0.05, 0) is 35.7 Å². The summed E-state index contributed by atoms with van der Waals surface area (Å²) >= 11 is 0. The van der Waals surface area contributed by atoms with E-state index in [1.54, 1.807) is 22.5 Å². The first-order chi connectivity index (χ1) is 10.6. The van der Waals surface area contributed by atoms with Crippen LogP contribution in [0.1, 0.15) is 25.7 Å². The third kappa shape index (κ3) is 2.81. The van der Waals surface area contributed by atoms with Crippen LogP contribution in [-0.2, 0) is 10.0 Å². The van der Waals surface area contributed by atoms with E-state index in [2.05, 4.69) is 6.58 Å². The minimum absolute atomic E-state index is 0.106. The highest BCUT2D eigenvalue weighted by Gasteiger charge is 2.32. The van der Waals surface area contributed by atoms with Crippen LogP contribution in [0.15, 0.2) is 60.0 Å². The lowest BCUT2D eigenvalue weighted by Gasteiger charge is -2.27. The zero-order valence-electron chi connectivity index (χ0n) is 12.6. The molecule has 0 N–H and O–H groups in total. The van der Waals surface area contributed by atoms with Gasteiger partial charge in [0.25, 0.3) is 0 Å². The molecule has 0 spiro atoms. The minimum atomic E-state index is -3.48. The van der Waals surface area contributed by atoms with Crippen molar-refractivity contribution < 1.29 is 8.42 Å². The summed E-state index contributed by atoms with van der Waals surface area (Å²) in [7, 11) is -3.48. The number of hydrogen-bond donors (Lipinski definition) is 0. The van der Waals surface area contributed by atoms with E-state index in [9.17, 15) is 8.42 Å². The maximum Gasteiger partial charge on any atom is 0.243 e. The SMILES string of the molecule is C=CCN(C1CCCC1)S(=O)(=O)c1ccc2ccccc2c1. The molecule has 1 fully saturated rings. The predicted molar refractivity (Wildman–Crippen MR) is 90.3 cm³/mol. The molecule has 1 saturated carbocycles. The van der Waals surface area contributed by atoms with Crippen LogP contribution in [0.4, 0.5) is 0 Å². The average Bonchev–Trinajstić information content (AvgIpc) is 3.06.